The molecule has 7 heteroatoms. The van der Waals surface area contributed by atoms with Gasteiger partial charge in [0.2, 0.25) is 17.7 Å². The first-order chi connectivity index (χ1) is 17.5. The van der Waals surface area contributed by atoms with Crippen molar-refractivity contribution in [3.05, 3.63) is 108 Å². The van der Waals surface area contributed by atoms with Crippen molar-refractivity contribution in [2.45, 2.75) is 12.0 Å². The third kappa shape index (κ3) is 2.80. The zero-order chi connectivity index (χ0) is 25.0. The van der Waals surface area contributed by atoms with Gasteiger partial charge in [-0.2, -0.15) is 0 Å². The molecule has 3 aromatic rings. The summed E-state index contributed by atoms with van der Waals surface area (Å²) >= 11 is 0. The second-order valence-electron chi connectivity index (χ2n) is 9.12. The van der Waals surface area contributed by atoms with E-state index in [9.17, 15) is 19.2 Å². The topological polar surface area (TPSA) is 84.0 Å². The lowest BCUT2D eigenvalue weighted by molar-refractivity contribution is -0.139. The molecule has 0 N–H and O–H groups in total. The molecular weight excluding hydrogens is 456 g/mol. The van der Waals surface area contributed by atoms with Gasteiger partial charge >= 0.3 is 5.97 Å². The fourth-order valence-electron chi connectivity index (χ4n) is 5.93. The Morgan fingerprint density at radius 2 is 1.50 bits per heavy atom. The van der Waals surface area contributed by atoms with Crippen molar-refractivity contribution in [2.75, 3.05) is 16.9 Å². The number of hydrogen-bond acceptors (Lipinski definition) is 5. The minimum Gasteiger partial charge on any atom is -0.466 e. The molecule has 1 fully saturated rings. The summed E-state index contributed by atoms with van der Waals surface area (Å²) in [6, 6.07) is 25.3. The van der Waals surface area contributed by atoms with Crippen molar-refractivity contribution < 1.29 is 23.9 Å². The van der Waals surface area contributed by atoms with Gasteiger partial charge in [0.25, 0.3) is 0 Å². The van der Waals surface area contributed by atoms with Gasteiger partial charge in [-0.1, -0.05) is 72.8 Å². The van der Waals surface area contributed by atoms with Crippen LogP contribution in [0.2, 0.25) is 0 Å². The molecule has 0 unspecified atom stereocenters. The second-order valence-corrected chi connectivity index (χ2v) is 9.12. The molecule has 0 aromatic heterocycles. The van der Waals surface area contributed by atoms with Crippen molar-refractivity contribution in [3.63, 3.8) is 0 Å². The van der Waals surface area contributed by atoms with Crippen molar-refractivity contribution >= 4 is 35.1 Å². The Bertz CT molecular complexity index is 1450. The molecule has 3 atom stereocenters. The highest BCUT2D eigenvalue weighted by Crippen LogP contribution is 2.60. The molecule has 178 valence electrons. The van der Waals surface area contributed by atoms with E-state index >= 15 is 0 Å². The minimum atomic E-state index is -1.65. The molecule has 6 rings (SSSR count). The van der Waals surface area contributed by atoms with Crippen molar-refractivity contribution in [1.29, 1.82) is 0 Å². The monoisotopic (exact) mass is 478 g/mol. The number of methoxy groups -OCH3 is 1. The summed E-state index contributed by atoms with van der Waals surface area (Å²) in [7, 11) is 1.23. The highest BCUT2D eigenvalue weighted by Gasteiger charge is 2.71. The standard InChI is InChI=1S/C29H22N2O5/c1-36-27(34)22-16-20-24(26(33)31(25(20)32)19-12-6-3-7-13-19)29(22)21-14-8-9-15-23(21)30(28(29)35)17-18-10-4-2-5-11-18/h2-16,20,24H,17H2,1H3/t20-,24+,29+/m0/s1. The van der Waals surface area contributed by atoms with Gasteiger partial charge in [-0.05, 0) is 29.3 Å². The third-order valence-electron chi connectivity index (χ3n) is 7.39. The van der Waals surface area contributed by atoms with Crippen LogP contribution in [-0.2, 0) is 35.9 Å². The predicted molar refractivity (Wildman–Crippen MR) is 132 cm³/mol. The van der Waals surface area contributed by atoms with Crippen LogP contribution in [0.3, 0.4) is 0 Å². The smallest absolute Gasteiger partial charge is 0.334 e. The van der Waals surface area contributed by atoms with Gasteiger partial charge in [0, 0.05) is 5.69 Å². The van der Waals surface area contributed by atoms with E-state index < -0.39 is 40.9 Å². The summed E-state index contributed by atoms with van der Waals surface area (Å²) in [5, 5.41) is 0. The summed E-state index contributed by atoms with van der Waals surface area (Å²) < 4.78 is 5.07. The van der Waals surface area contributed by atoms with E-state index in [-0.39, 0.29) is 12.1 Å². The number of esters is 1. The molecule has 0 bridgehead atoms. The first kappa shape index (κ1) is 22.0. The van der Waals surface area contributed by atoms with E-state index in [1.54, 1.807) is 47.4 Å². The van der Waals surface area contributed by atoms with Gasteiger partial charge in [-0.25, -0.2) is 9.69 Å². The molecule has 3 aromatic carbocycles. The second kappa shape index (κ2) is 8.02. The summed E-state index contributed by atoms with van der Waals surface area (Å²) in [5.74, 6) is -4.14. The van der Waals surface area contributed by atoms with Crippen LogP contribution in [0.4, 0.5) is 11.4 Å². The average molecular weight is 479 g/mol. The number of benzene rings is 3. The number of para-hydroxylation sites is 2. The maximum atomic E-state index is 14.5. The summed E-state index contributed by atoms with van der Waals surface area (Å²) in [4.78, 5) is 57.8. The Hall–Kier alpha value is -4.52. The first-order valence-corrected chi connectivity index (χ1v) is 11.7. The third-order valence-corrected chi connectivity index (χ3v) is 7.39. The van der Waals surface area contributed by atoms with Crippen LogP contribution in [-0.4, -0.2) is 30.8 Å². The molecule has 1 spiro atoms. The molecule has 1 saturated heterocycles. The number of imide groups is 1. The molecule has 1 aliphatic carbocycles. The van der Waals surface area contributed by atoms with Crippen LogP contribution in [0.5, 0.6) is 0 Å². The van der Waals surface area contributed by atoms with E-state index in [0.29, 0.717) is 16.9 Å². The van der Waals surface area contributed by atoms with Crippen LogP contribution in [0.15, 0.2) is 96.6 Å². The molecular formula is C29H22N2O5. The fourth-order valence-corrected chi connectivity index (χ4v) is 5.93. The van der Waals surface area contributed by atoms with Gasteiger partial charge in [0.05, 0.1) is 36.8 Å². The highest BCUT2D eigenvalue weighted by atomic mass is 16.5. The number of carbonyl (C=O) groups is 4. The predicted octanol–water partition coefficient (Wildman–Crippen LogP) is 3.39. The van der Waals surface area contributed by atoms with Crippen molar-refractivity contribution in [2.24, 2.45) is 11.8 Å². The Balaban J connectivity index is 1.55. The van der Waals surface area contributed by atoms with Crippen LogP contribution in [0.1, 0.15) is 11.1 Å². The van der Waals surface area contributed by atoms with Gasteiger partial charge in [0.1, 0.15) is 5.41 Å². The first-order valence-electron chi connectivity index (χ1n) is 11.7. The van der Waals surface area contributed by atoms with E-state index in [4.69, 9.17) is 4.74 Å². The molecule has 3 aliphatic rings. The normalized spacial score (nSPS) is 24.2. The van der Waals surface area contributed by atoms with Crippen LogP contribution >= 0.6 is 0 Å². The number of fused-ring (bicyclic) bond motifs is 4. The summed E-state index contributed by atoms with van der Waals surface area (Å²) in [6.07, 6.45) is 1.47. The maximum absolute atomic E-state index is 14.5. The van der Waals surface area contributed by atoms with Crippen molar-refractivity contribution in [1.82, 2.24) is 0 Å². The number of amides is 3. The van der Waals surface area contributed by atoms with Crippen LogP contribution in [0.25, 0.3) is 0 Å². The lowest BCUT2D eigenvalue weighted by Gasteiger charge is -2.31. The molecule has 0 radical (unpaired) electrons. The quantitative estimate of drug-likeness (QED) is 0.424. The number of hydrogen-bond donors (Lipinski definition) is 0. The Morgan fingerprint density at radius 3 is 2.19 bits per heavy atom. The van der Waals surface area contributed by atoms with Gasteiger partial charge < -0.3 is 9.64 Å². The van der Waals surface area contributed by atoms with Crippen molar-refractivity contribution in [3.8, 4) is 0 Å². The fraction of sp³-hybridized carbons (Fsp3) is 0.172. The molecule has 7 nitrogen and oxygen atoms in total. The zero-order valence-electron chi connectivity index (χ0n) is 19.5. The largest absolute Gasteiger partial charge is 0.466 e. The van der Waals surface area contributed by atoms with Gasteiger partial charge in [0.15, 0.2) is 0 Å². The Morgan fingerprint density at radius 1 is 0.861 bits per heavy atom. The average Bonchev–Trinajstić information content (AvgIpc) is 3.48. The lowest BCUT2D eigenvalue weighted by atomic mass is 9.67. The van der Waals surface area contributed by atoms with Gasteiger partial charge in [-0.3, -0.25) is 14.4 Å². The number of anilines is 2. The number of rotatable bonds is 4. The van der Waals surface area contributed by atoms with E-state index in [2.05, 4.69) is 0 Å². The van der Waals surface area contributed by atoms with E-state index in [1.165, 1.54) is 13.2 Å². The Kier molecular flexibility index (Phi) is 4.89. The SMILES string of the molecule is COC(=O)C1=C[C@@H]2C(=O)N(c3ccccc3)C(=O)[C@@H]2[C@]12C(=O)N(Cc1ccccc1)c1ccccc12. The number of nitrogens with zero attached hydrogens (tertiary/aromatic N) is 2. The Labute approximate surface area is 207 Å². The molecule has 3 amide bonds. The van der Waals surface area contributed by atoms with E-state index in [1.807, 2.05) is 42.5 Å². The van der Waals surface area contributed by atoms with Crippen LogP contribution < -0.4 is 9.80 Å². The molecule has 2 aliphatic heterocycles. The summed E-state index contributed by atoms with van der Waals surface area (Å²) in [6.45, 7) is 0.259. The molecule has 36 heavy (non-hydrogen) atoms. The van der Waals surface area contributed by atoms with E-state index in [0.717, 1.165) is 10.5 Å². The van der Waals surface area contributed by atoms with Gasteiger partial charge in [-0.15, -0.1) is 0 Å². The number of carbonyl (C=O) groups excluding carboxylic acids is 4. The molecule has 0 saturated carbocycles. The lowest BCUT2D eigenvalue weighted by Crippen LogP contribution is -2.50. The minimum absolute atomic E-state index is 0.0439. The maximum Gasteiger partial charge on any atom is 0.334 e. The molecule has 2 heterocycles. The number of ether oxygens (including phenoxy) is 1. The van der Waals surface area contributed by atoms with Crippen LogP contribution in [0, 0.1) is 11.8 Å². The zero-order valence-corrected chi connectivity index (χ0v) is 19.5. The highest BCUT2D eigenvalue weighted by molar-refractivity contribution is 6.29. The summed E-state index contributed by atoms with van der Waals surface area (Å²) in [5.41, 5.74) is 0.869.